The topological polar surface area (TPSA) is 43.6 Å². The molecular formula is C43H34N4. The van der Waals surface area contributed by atoms with Crippen LogP contribution in [-0.2, 0) is 5.41 Å². The molecule has 2 heterocycles. The molecule has 0 aliphatic heterocycles. The Bertz CT molecular complexity index is 2500. The zero-order valence-electron chi connectivity index (χ0n) is 27.3. The Balaban J connectivity index is 1.43. The van der Waals surface area contributed by atoms with Crippen molar-refractivity contribution in [2.45, 2.75) is 40.0 Å². The maximum Gasteiger partial charge on any atom is 0.238 e. The lowest BCUT2D eigenvalue weighted by atomic mass is 9.80. The Kier molecular flexibility index (Phi) is 5.86. The van der Waals surface area contributed by atoms with Crippen molar-refractivity contribution in [2.75, 3.05) is 0 Å². The molecule has 1 aliphatic carbocycles. The van der Waals surface area contributed by atoms with Gasteiger partial charge in [-0.1, -0.05) is 117 Å². The SMILES string of the molecule is Cc1cc2c(c3c(C)cccc13)-c1c(cc3c4ccccc4n(-c4nc(-c5ccccc5)nc(-c5ccccc5)n4)c3c1C)C2(C)C. The van der Waals surface area contributed by atoms with Crippen molar-refractivity contribution in [2.24, 2.45) is 0 Å². The molecular weight excluding hydrogens is 573 g/mol. The van der Waals surface area contributed by atoms with Crippen LogP contribution in [0.15, 0.2) is 115 Å². The van der Waals surface area contributed by atoms with Crippen LogP contribution in [-0.4, -0.2) is 19.5 Å². The molecule has 0 atom stereocenters. The van der Waals surface area contributed by atoms with Gasteiger partial charge in [-0.15, -0.1) is 0 Å². The highest BCUT2D eigenvalue weighted by Crippen LogP contribution is 2.55. The van der Waals surface area contributed by atoms with Gasteiger partial charge in [-0.25, -0.2) is 4.98 Å². The molecule has 1 aliphatic rings. The fourth-order valence-electron chi connectivity index (χ4n) is 7.96. The Morgan fingerprint density at radius 1 is 0.532 bits per heavy atom. The smallest absolute Gasteiger partial charge is 0.238 e. The van der Waals surface area contributed by atoms with Crippen molar-refractivity contribution in [1.29, 1.82) is 0 Å². The largest absolute Gasteiger partial charge is 0.278 e. The van der Waals surface area contributed by atoms with E-state index in [2.05, 4.69) is 118 Å². The number of benzene rings is 6. The van der Waals surface area contributed by atoms with Crippen molar-refractivity contribution in [3.8, 4) is 39.9 Å². The summed E-state index contributed by atoms with van der Waals surface area (Å²) in [5.41, 5.74) is 13.3. The van der Waals surface area contributed by atoms with Gasteiger partial charge in [0, 0.05) is 27.3 Å². The van der Waals surface area contributed by atoms with E-state index >= 15 is 0 Å². The number of rotatable bonds is 3. The molecule has 226 valence electrons. The van der Waals surface area contributed by atoms with Crippen LogP contribution in [0.4, 0.5) is 0 Å². The highest BCUT2D eigenvalue weighted by molar-refractivity contribution is 6.15. The predicted octanol–water partition coefficient (Wildman–Crippen LogP) is 10.7. The summed E-state index contributed by atoms with van der Waals surface area (Å²) in [6, 6.07) is 40.7. The number of para-hydroxylation sites is 1. The molecule has 2 aromatic heterocycles. The minimum atomic E-state index is -0.151. The summed E-state index contributed by atoms with van der Waals surface area (Å²) in [6.07, 6.45) is 0. The summed E-state index contributed by atoms with van der Waals surface area (Å²) in [6.45, 7) is 11.6. The second-order valence-corrected chi connectivity index (χ2v) is 13.4. The molecule has 0 radical (unpaired) electrons. The molecule has 47 heavy (non-hydrogen) atoms. The lowest BCUT2D eigenvalue weighted by Gasteiger charge is -2.23. The van der Waals surface area contributed by atoms with Gasteiger partial charge in [-0.2, -0.15) is 9.97 Å². The van der Waals surface area contributed by atoms with Crippen molar-refractivity contribution in [3.63, 3.8) is 0 Å². The molecule has 0 amide bonds. The van der Waals surface area contributed by atoms with Crippen LogP contribution < -0.4 is 0 Å². The van der Waals surface area contributed by atoms with Crippen molar-refractivity contribution in [3.05, 3.63) is 143 Å². The molecule has 4 heteroatoms. The Hall–Kier alpha value is -5.61. The maximum absolute atomic E-state index is 5.20. The third-order valence-electron chi connectivity index (χ3n) is 10.3. The maximum atomic E-state index is 5.20. The number of nitrogens with zero attached hydrogens (tertiary/aromatic N) is 4. The summed E-state index contributed by atoms with van der Waals surface area (Å²) in [5.74, 6) is 1.93. The van der Waals surface area contributed by atoms with Gasteiger partial charge >= 0.3 is 0 Å². The second-order valence-electron chi connectivity index (χ2n) is 13.4. The first kappa shape index (κ1) is 27.7. The normalized spacial score (nSPS) is 13.4. The standard InChI is InChI=1S/C43H34N4/c1-25-15-14-21-30-26(2)23-33-38(36(25)30)37-27(3)39-32(24-34(37)43(33,4)5)31-20-12-13-22-35(31)47(39)42-45-40(28-16-8-6-9-17-28)44-41(46-42)29-18-10-7-11-19-29/h6-24H,1-5H3. The number of aryl methyl sites for hydroxylation is 3. The average molecular weight is 607 g/mol. The lowest BCUT2D eigenvalue weighted by molar-refractivity contribution is 0.661. The summed E-state index contributed by atoms with van der Waals surface area (Å²) in [4.78, 5) is 15.4. The molecule has 4 nitrogen and oxygen atoms in total. The van der Waals surface area contributed by atoms with E-state index in [1.54, 1.807) is 0 Å². The van der Waals surface area contributed by atoms with E-state index in [0.29, 0.717) is 17.6 Å². The van der Waals surface area contributed by atoms with Crippen LogP contribution in [0.3, 0.4) is 0 Å². The summed E-state index contributed by atoms with van der Waals surface area (Å²) in [5, 5.41) is 5.10. The third kappa shape index (κ3) is 3.91. The first-order valence-electron chi connectivity index (χ1n) is 16.3. The van der Waals surface area contributed by atoms with Crippen molar-refractivity contribution < 1.29 is 0 Å². The first-order chi connectivity index (χ1) is 22.8. The van der Waals surface area contributed by atoms with Crippen LogP contribution >= 0.6 is 0 Å². The molecule has 0 saturated heterocycles. The van der Waals surface area contributed by atoms with E-state index in [1.807, 2.05) is 36.4 Å². The lowest BCUT2D eigenvalue weighted by Crippen LogP contribution is -2.15. The minimum absolute atomic E-state index is 0.151. The molecule has 0 spiro atoms. The number of fused-ring (bicyclic) bond motifs is 8. The molecule has 0 unspecified atom stereocenters. The molecule has 8 aromatic rings. The van der Waals surface area contributed by atoms with E-state index in [0.717, 1.165) is 22.2 Å². The van der Waals surface area contributed by atoms with Gasteiger partial charge in [0.15, 0.2) is 11.6 Å². The molecule has 0 saturated carbocycles. The second kappa shape index (κ2) is 9.94. The van der Waals surface area contributed by atoms with Gasteiger partial charge in [0.25, 0.3) is 0 Å². The monoisotopic (exact) mass is 606 g/mol. The quantitative estimate of drug-likeness (QED) is 0.201. The predicted molar refractivity (Wildman–Crippen MR) is 194 cm³/mol. The number of hydrogen-bond donors (Lipinski definition) is 0. The Labute approximate surface area is 274 Å². The van der Waals surface area contributed by atoms with Gasteiger partial charge in [0.05, 0.1) is 11.0 Å². The van der Waals surface area contributed by atoms with Crippen LogP contribution in [0.25, 0.3) is 72.4 Å². The van der Waals surface area contributed by atoms with Crippen LogP contribution in [0, 0.1) is 20.8 Å². The number of aromatic nitrogens is 4. The highest BCUT2D eigenvalue weighted by Gasteiger charge is 2.39. The Morgan fingerprint density at radius 3 is 1.81 bits per heavy atom. The van der Waals surface area contributed by atoms with Gasteiger partial charge in [0.2, 0.25) is 5.95 Å². The fraction of sp³-hybridized carbons (Fsp3) is 0.140. The zero-order chi connectivity index (χ0) is 32.0. The van der Waals surface area contributed by atoms with Gasteiger partial charge in [-0.3, -0.25) is 4.57 Å². The average Bonchev–Trinajstić information content (AvgIpc) is 3.55. The fourth-order valence-corrected chi connectivity index (χ4v) is 7.96. The van der Waals surface area contributed by atoms with Gasteiger partial charge < -0.3 is 0 Å². The van der Waals surface area contributed by atoms with Gasteiger partial charge in [-0.05, 0) is 82.6 Å². The summed E-state index contributed by atoms with van der Waals surface area (Å²) in [7, 11) is 0. The van der Waals surface area contributed by atoms with E-state index < -0.39 is 0 Å². The van der Waals surface area contributed by atoms with E-state index in [9.17, 15) is 0 Å². The molecule has 9 rings (SSSR count). The van der Waals surface area contributed by atoms with Crippen LogP contribution in [0.5, 0.6) is 0 Å². The molecule has 6 aromatic carbocycles. The highest BCUT2D eigenvalue weighted by atomic mass is 15.2. The van der Waals surface area contributed by atoms with Crippen molar-refractivity contribution >= 4 is 32.6 Å². The molecule has 0 bridgehead atoms. The Morgan fingerprint density at radius 2 is 1.13 bits per heavy atom. The number of hydrogen-bond acceptors (Lipinski definition) is 3. The summed E-state index contributed by atoms with van der Waals surface area (Å²) >= 11 is 0. The van der Waals surface area contributed by atoms with Crippen molar-refractivity contribution in [1.82, 2.24) is 19.5 Å². The molecule has 0 N–H and O–H groups in total. The molecule has 0 fully saturated rings. The zero-order valence-corrected chi connectivity index (χ0v) is 27.3. The van der Waals surface area contributed by atoms with E-state index in [4.69, 9.17) is 15.0 Å². The first-order valence-corrected chi connectivity index (χ1v) is 16.3. The van der Waals surface area contributed by atoms with Crippen LogP contribution in [0.2, 0.25) is 0 Å². The minimum Gasteiger partial charge on any atom is -0.278 e. The third-order valence-corrected chi connectivity index (χ3v) is 10.3. The van der Waals surface area contributed by atoms with Gasteiger partial charge in [0.1, 0.15) is 0 Å². The van der Waals surface area contributed by atoms with Crippen LogP contribution in [0.1, 0.15) is 41.7 Å². The summed E-state index contributed by atoms with van der Waals surface area (Å²) < 4.78 is 2.27. The van der Waals surface area contributed by atoms with E-state index in [-0.39, 0.29) is 5.41 Å². The van der Waals surface area contributed by atoms with E-state index in [1.165, 1.54) is 60.5 Å².